The number of carboxylic acids is 1. The van der Waals surface area contributed by atoms with E-state index in [1.807, 2.05) is 43.3 Å². The summed E-state index contributed by atoms with van der Waals surface area (Å²) in [5.41, 5.74) is 8.31. The molecule has 7 nitrogen and oxygen atoms in total. The van der Waals surface area contributed by atoms with E-state index in [4.69, 9.17) is 15.4 Å². The minimum atomic E-state index is -1.09. The largest absolute Gasteiger partial charge is 0.480 e. The van der Waals surface area contributed by atoms with Crippen LogP contribution in [0, 0.1) is 5.82 Å². The summed E-state index contributed by atoms with van der Waals surface area (Å²) in [5, 5.41) is 15.5. The van der Waals surface area contributed by atoms with Crippen LogP contribution in [-0.2, 0) is 4.79 Å². The number of nitrogens with two attached hydrogens (primary N) is 1. The van der Waals surface area contributed by atoms with Gasteiger partial charge in [-0.05, 0) is 24.1 Å². The molecule has 0 aliphatic heterocycles. The first-order valence-electron chi connectivity index (χ1n) is 8.99. The van der Waals surface area contributed by atoms with E-state index in [9.17, 15) is 9.18 Å². The highest BCUT2D eigenvalue weighted by Gasteiger charge is 2.17. The van der Waals surface area contributed by atoms with Gasteiger partial charge in [-0.3, -0.25) is 5.32 Å². The van der Waals surface area contributed by atoms with Crippen molar-refractivity contribution in [1.82, 2.24) is 5.16 Å². The molecule has 1 aromatic heterocycles. The number of carboxylic acid groups (broad SMARTS) is 1. The van der Waals surface area contributed by atoms with E-state index in [0.717, 1.165) is 11.1 Å². The number of halogens is 1. The molecule has 0 radical (unpaired) electrons. The summed E-state index contributed by atoms with van der Waals surface area (Å²) in [6, 6.07) is 15.0. The molecule has 29 heavy (non-hydrogen) atoms. The Balaban J connectivity index is 1.75. The molecule has 0 fully saturated rings. The first-order chi connectivity index (χ1) is 13.8. The summed E-state index contributed by atoms with van der Waals surface area (Å²) < 4.78 is 19.8. The molecule has 2 unspecified atom stereocenters. The SMILES string of the molecule is CC(N=C(N)Nc1cc(C(C)c2ccc(-c3ccccc3)c(F)c2)no1)C(=O)O. The predicted molar refractivity (Wildman–Crippen MR) is 108 cm³/mol. The minimum absolute atomic E-state index is 0.103. The lowest BCUT2D eigenvalue weighted by atomic mass is 9.95. The molecular formula is C21H21FN4O3. The lowest BCUT2D eigenvalue weighted by molar-refractivity contribution is -0.137. The summed E-state index contributed by atoms with van der Waals surface area (Å²) in [6.07, 6.45) is 0. The fourth-order valence-corrected chi connectivity index (χ4v) is 2.80. The van der Waals surface area contributed by atoms with Crippen LogP contribution in [0.2, 0.25) is 0 Å². The number of nitrogens with one attached hydrogen (secondary N) is 1. The first-order valence-corrected chi connectivity index (χ1v) is 8.99. The lowest BCUT2D eigenvalue weighted by Gasteiger charge is -2.11. The fraction of sp³-hybridized carbons (Fsp3) is 0.190. The summed E-state index contributed by atoms with van der Waals surface area (Å²) in [6.45, 7) is 3.28. The number of aromatic nitrogens is 1. The molecule has 2 aromatic carbocycles. The molecule has 8 heteroatoms. The summed E-state index contributed by atoms with van der Waals surface area (Å²) in [4.78, 5) is 14.6. The Morgan fingerprint density at radius 2 is 1.93 bits per heavy atom. The van der Waals surface area contributed by atoms with Gasteiger partial charge in [-0.15, -0.1) is 0 Å². The van der Waals surface area contributed by atoms with Crippen LogP contribution in [0.1, 0.15) is 31.0 Å². The predicted octanol–water partition coefficient (Wildman–Crippen LogP) is 3.83. The Kier molecular flexibility index (Phi) is 5.92. The zero-order valence-electron chi connectivity index (χ0n) is 16.0. The lowest BCUT2D eigenvalue weighted by Crippen LogP contribution is -2.26. The number of carbonyl (C=O) groups is 1. The number of hydrogen-bond acceptors (Lipinski definition) is 4. The first kappa shape index (κ1) is 20.1. The van der Waals surface area contributed by atoms with Crippen LogP contribution in [0.4, 0.5) is 10.3 Å². The van der Waals surface area contributed by atoms with Crippen LogP contribution in [0.15, 0.2) is 64.1 Å². The van der Waals surface area contributed by atoms with Crippen molar-refractivity contribution < 1.29 is 18.8 Å². The smallest absolute Gasteiger partial charge is 0.328 e. The number of rotatable bonds is 6. The van der Waals surface area contributed by atoms with E-state index >= 15 is 0 Å². The fourth-order valence-electron chi connectivity index (χ4n) is 2.80. The van der Waals surface area contributed by atoms with Gasteiger partial charge in [0.25, 0.3) is 0 Å². The van der Waals surface area contributed by atoms with Gasteiger partial charge in [-0.2, -0.15) is 0 Å². The van der Waals surface area contributed by atoms with Crippen LogP contribution >= 0.6 is 0 Å². The molecule has 0 amide bonds. The zero-order valence-corrected chi connectivity index (χ0v) is 16.0. The average Bonchev–Trinajstić information content (AvgIpc) is 3.16. The van der Waals surface area contributed by atoms with E-state index in [1.165, 1.54) is 13.0 Å². The molecule has 3 rings (SSSR count). The minimum Gasteiger partial charge on any atom is -0.480 e. The zero-order chi connectivity index (χ0) is 21.0. The monoisotopic (exact) mass is 396 g/mol. The Bertz CT molecular complexity index is 1030. The molecule has 1 heterocycles. The Labute approximate surface area is 167 Å². The quantitative estimate of drug-likeness (QED) is 0.431. The van der Waals surface area contributed by atoms with Gasteiger partial charge in [0.05, 0.1) is 5.69 Å². The van der Waals surface area contributed by atoms with Crippen molar-refractivity contribution >= 4 is 17.8 Å². The summed E-state index contributed by atoms with van der Waals surface area (Å²) in [5.74, 6) is -1.53. The molecule has 0 aliphatic carbocycles. The van der Waals surface area contributed by atoms with Crippen molar-refractivity contribution in [2.45, 2.75) is 25.8 Å². The van der Waals surface area contributed by atoms with Crippen LogP contribution < -0.4 is 11.1 Å². The van der Waals surface area contributed by atoms with Crippen molar-refractivity contribution in [1.29, 1.82) is 0 Å². The maximum atomic E-state index is 14.6. The van der Waals surface area contributed by atoms with E-state index in [-0.39, 0.29) is 23.6 Å². The van der Waals surface area contributed by atoms with Crippen molar-refractivity contribution in [3.8, 4) is 11.1 Å². The molecule has 3 aromatic rings. The third-order valence-corrected chi connectivity index (χ3v) is 4.49. The Morgan fingerprint density at radius 3 is 2.59 bits per heavy atom. The highest BCUT2D eigenvalue weighted by atomic mass is 19.1. The van der Waals surface area contributed by atoms with Crippen molar-refractivity contribution in [3.05, 3.63) is 71.7 Å². The van der Waals surface area contributed by atoms with Gasteiger partial charge in [0, 0.05) is 17.5 Å². The van der Waals surface area contributed by atoms with Crippen LogP contribution in [0.25, 0.3) is 11.1 Å². The van der Waals surface area contributed by atoms with E-state index < -0.39 is 12.0 Å². The van der Waals surface area contributed by atoms with Gasteiger partial charge in [-0.1, -0.05) is 54.5 Å². The van der Waals surface area contributed by atoms with Gasteiger partial charge in [-0.25, -0.2) is 14.2 Å². The van der Waals surface area contributed by atoms with Crippen molar-refractivity contribution in [2.75, 3.05) is 5.32 Å². The normalized spacial score (nSPS) is 13.7. The topological polar surface area (TPSA) is 114 Å². The number of benzene rings is 2. The third kappa shape index (κ3) is 4.78. The molecule has 4 N–H and O–H groups in total. The van der Waals surface area contributed by atoms with Gasteiger partial charge in [0.2, 0.25) is 5.88 Å². The number of guanidine groups is 1. The number of hydrogen-bond donors (Lipinski definition) is 3. The highest BCUT2D eigenvalue weighted by Crippen LogP contribution is 2.29. The number of anilines is 1. The summed E-state index contributed by atoms with van der Waals surface area (Å²) in [7, 11) is 0. The Hall–Kier alpha value is -3.68. The van der Waals surface area contributed by atoms with Gasteiger partial charge < -0.3 is 15.4 Å². The second-order valence-corrected chi connectivity index (χ2v) is 6.60. The molecule has 0 aliphatic rings. The number of aliphatic carboxylic acids is 1. The molecule has 150 valence electrons. The van der Waals surface area contributed by atoms with Crippen molar-refractivity contribution in [2.24, 2.45) is 10.7 Å². The molecular weight excluding hydrogens is 375 g/mol. The van der Waals surface area contributed by atoms with Crippen LogP contribution in [0.3, 0.4) is 0 Å². The Morgan fingerprint density at radius 1 is 1.21 bits per heavy atom. The third-order valence-electron chi connectivity index (χ3n) is 4.49. The number of aliphatic imine (C=N–C) groups is 1. The molecule has 0 spiro atoms. The average molecular weight is 396 g/mol. The van der Waals surface area contributed by atoms with Gasteiger partial charge in [0.1, 0.15) is 11.9 Å². The second-order valence-electron chi connectivity index (χ2n) is 6.60. The van der Waals surface area contributed by atoms with E-state index in [1.54, 1.807) is 12.1 Å². The molecule has 2 atom stereocenters. The van der Waals surface area contributed by atoms with Gasteiger partial charge in [0.15, 0.2) is 5.96 Å². The van der Waals surface area contributed by atoms with Gasteiger partial charge >= 0.3 is 5.97 Å². The molecule has 0 bridgehead atoms. The second kappa shape index (κ2) is 8.55. The highest BCUT2D eigenvalue weighted by molar-refractivity contribution is 5.92. The number of nitrogens with zero attached hydrogens (tertiary/aromatic N) is 2. The maximum Gasteiger partial charge on any atom is 0.328 e. The molecule has 0 saturated heterocycles. The molecule has 0 saturated carbocycles. The van der Waals surface area contributed by atoms with Crippen LogP contribution in [0.5, 0.6) is 0 Å². The van der Waals surface area contributed by atoms with Crippen LogP contribution in [-0.4, -0.2) is 28.2 Å². The van der Waals surface area contributed by atoms with E-state index in [0.29, 0.717) is 11.3 Å². The van der Waals surface area contributed by atoms with E-state index in [2.05, 4.69) is 15.5 Å². The summed E-state index contributed by atoms with van der Waals surface area (Å²) >= 11 is 0. The van der Waals surface area contributed by atoms with Crippen molar-refractivity contribution in [3.63, 3.8) is 0 Å². The maximum absolute atomic E-state index is 14.6. The standard InChI is InChI=1S/C21H21FN4O3/c1-12(15-8-9-16(17(22)10-15)14-6-4-3-5-7-14)18-11-19(29-26-18)25-21(23)24-13(2)20(27)28/h3-13H,1-2H3,(H,27,28)(H3,23,24,25).